The van der Waals surface area contributed by atoms with Gasteiger partial charge in [0.2, 0.25) is 0 Å². The van der Waals surface area contributed by atoms with Gasteiger partial charge >= 0.3 is 5.97 Å². The van der Waals surface area contributed by atoms with Crippen LogP contribution in [0.4, 0.5) is 0 Å². The van der Waals surface area contributed by atoms with Crippen LogP contribution in [-0.4, -0.2) is 45.7 Å². The van der Waals surface area contributed by atoms with E-state index < -0.39 is 34.8 Å². The lowest BCUT2D eigenvalue weighted by Gasteiger charge is -2.63. The Balaban J connectivity index is 1.44. The van der Waals surface area contributed by atoms with E-state index in [-0.39, 0.29) is 17.1 Å². The largest absolute Gasteiger partial charge is 0.481 e. The van der Waals surface area contributed by atoms with Gasteiger partial charge in [0.05, 0.1) is 12.0 Å². The minimum absolute atomic E-state index is 0.124. The van der Waals surface area contributed by atoms with E-state index in [1.807, 2.05) is 6.92 Å². The summed E-state index contributed by atoms with van der Waals surface area (Å²) in [7, 11) is 0. The summed E-state index contributed by atoms with van der Waals surface area (Å²) >= 11 is 0. The number of fused-ring (bicyclic) bond motifs is 3. The normalized spacial score (nSPS) is 54.6. The highest BCUT2D eigenvalue weighted by Crippen LogP contribution is 2.69. The maximum atomic E-state index is 11.3. The molecule has 6 rings (SSSR count). The van der Waals surface area contributed by atoms with Crippen molar-refractivity contribution in [2.75, 3.05) is 0 Å². The minimum atomic E-state index is -0.869. The number of carboxylic acid groups (broad SMARTS) is 1. The molecule has 2 aliphatic carbocycles. The van der Waals surface area contributed by atoms with Crippen LogP contribution in [0.5, 0.6) is 0 Å². The van der Waals surface area contributed by atoms with Crippen LogP contribution in [-0.2, 0) is 29.1 Å². The molecular formula is C24H36O7. The zero-order valence-corrected chi connectivity index (χ0v) is 19.5. The number of aliphatic carboxylic acids is 1. The molecule has 0 amide bonds. The second-order valence-corrected chi connectivity index (χ2v) is 11.5. The Morgan fingerprint density at radius 1 is 1.13 bits per heavy atom. The van der Waals surface area contributed by atoms with Crippen LogP contribution < -0.4 is 0 Å². The Labute approximate surface area is 184 Å². The van der Waals surface area contributed by atoms with E-state index in [4.69, 9.17) is 24.3 Å². The number of carboxylic acids is 1. The molecule has 0 radical (unpaired) electrons. The van der Waals surface area contributed by atoms with Crippen molar-refractivity contribution in [3.05, 3.63) is 11.6 Å². The summed E-state index contributed by atoms with van der Waals surface area (Å²) in [6.07, 6.45) is 6.57. The van der Waals surface area contributed by atoms with Gasteiger partial charge in [-0.1, -0.05) is 13.8 Å². The zero-order valence-electron chi connectivity index (χ0n) is 19.5. The first kappa shape index (κ1) is 21.8. The zero-order chi connectivity index (χ0) is 22.4. The highest BCUT2D eigenvalue weighted by atomic mass is 17.2. The lowest BCUT2D eigenvalue weighted by molar-refractivity contribution is -0.467. The van der Waals surface area contributed by atoms with Crippen LogP contribution in [0, 0.1) is 17.3 Å². The molecule has 0 aromatic heterocycles. The Bertz CT molecular complexity index is 805. The highest BCUT2D eigenvalue weighted by Gasteiger charge is 2.75. The molecule has 0 unspecified atom stereocenters. The maximum absolute atomic E-state index is 11.3. The fourth-order valence-electron chi connectivity index (χ4n) is 6.88. The molecule has 6 aliphatic rings. The second-order valence-electron chi connectivity index (χ2n) is 11.5. The molecule has 2 bridgehead atoms. The predicted molar refractivity (Wildman–Crippen MR) is 111 cm³/mol. The van der Waals surface area contributed by atoms with E-state index in [2.05, 4.69) is 33.8 Å². The number of rotatable bonds is 3. The van der Waals surface area contributed by atoms with Gasteiger partial charge in [-0.15, -0.1) is 0 Å². The third kappa shape index (κ3) is 2.73. The smallest absolute Gasteiger partial charge is 0.308 e. The molecule has 174 valence electrons. The van der Waals surface area contributed by atoms with Gasteiger partial charge in [-0.2, -0.15) is 0 Å². The topological polar surface area (TPSA) is 83.5 Å². The maximum Gasteiger partial charge on any atom is 0.308 e. The average molecular weight is 437 g/mol. The Hall–Kier alpha value is -0.990. The van der Waals surface area contributed by atoms with Crippen molar-refractivity contribution in [3.63, 3.8) is 0 Å². The van der Waals surface area contributed by atoms with Crippen molar-refractivity contribution >= 4 is 5.97 Å². The van der Waals surface area contributed by atoms with Crippen molar-refractivity contribution in [3.8, 4) is 0 Å². The molecule has 31 heavy (non-hydrogen) atoms. The molecule has 1 N–H and O–H groups in total. The lowest BCUT2D eigenvalue weighted by Crippen LogP contribution is -2.71. The van der Waals surface area contributed by atoms with E-state index in [0.717, 1.165) is 25.7 Å². The number of hydrogen-bond acceptors (Lipinski definition) is 6. The first-order chi connectivity index (χ1) is 14.4. The van der Waals surface area contributed by atoms with Crippen molar-refractivity contribution < 1.29 is 34.2 Å². The van der Waals surface area contributed by atoms with Crippen LogP contribution in [0.1, 0.15) is 80.1 Å². The van der Waals surface area contributed by atoms with E-state index in [0.29, 0.717) is 18.8 Å². The van der Waals surface area contributed by atoms with Gasteiger partial charge in [0, 0.05) is 5.41 Å². The Kier molecular flexibility index (Phi) is 4.60. The SMILES string of the molecule is C[C@@H]1CC2=C[C@]3(C)CC[C@]2(OO3)[C@@]2(C)O[C@H]([C@@]3(C)CC[C@H]([C@@H](C)C(=O)O)OO3)C[C@@]12C. The van der Waals surface area contributed by atoms with Crippen molar-refractivity contribution in [1.82, 2.24) is 0 Å². The molecule has 7 heteroatoms. The molecule has 0 aromatic carbocycles. The first-order valence-electron chi connectivity index (χ1n) is 11.7. The summed E-state index contributed by atoms with van der Waals surface area (Å²) in [6.45, 7) is 12.6. The van der Waals surface area contributed by atoms with Crippen molar-refractivity contribution in [2.24, 2.45) is 17.3 Å². The monoisotopic (exact) mass is 436 g/mol. The molecule has 0 aromatic rings. The van der Waals surface area contributed by atoms with Crippen LogP contribution in [0.2, 0.25) is 0 Å². The fourth-order valence-corrected chi connectivity index (χ4v) is 6.88. The Morgan fingerprint density at radius 3 is 2.45 bits per heavy atom. The summed E-state index contributed by atoms with van der Waals surface area (Å²) < 4.78 is 6.97. The van der Waals surface area contributed by atoms with Crippen LogP contribution in [0.3, 0.4) is 0 Å². The van der Waals surface area contributed by atoms with Gasteiger partial charge in [0.1, 0.15) is 22.9 Å². The van der Waals surface area contributed by atoms with Gasteiger partial charge < -0.3 is 9.84 Å². The highest BCUT2D eigenvalue weighted by molar-refractivity contribution is 5.70. The molecule has 1 saturated carbocycles. The third-order valence-electron chi connectivity index (χ3n) is 9.72. The van der Waals surface area contributed by atoms with Crippen molar-refractivity contribution in [1.29, 1.82) is 0 Å². The molecule has 4 heterocycles. The predicted octanol–water partition coefficient (Wildman–Crippen LogP) is 4.35. The molecule has 3 saturated heterocycles. The van der Waals surface area contributed by atoms with Crippen LogP contribution in [0.25, 0.3) is 0 Å². The van der Waals surface area contributed by atoms with Crippen LogP contribution >= 0.6 is 0 Å². The van der Waals surface area contributed by atoms with Gasteiger partial charge in [-0.05, 0) is 83.8 Å². The van der Waals surface area contributed by atoms with Gasteiger partial charge in [0.15, 0.2) is 5.60 Å². The van der Waals surface area contributed by atoms with Gasteiger partial charge in [0.25, 0.3) is 0 Å². The van der Waals surface area contributed by atoms with Gasteiger partial charge in [-0.25, -0.2) is 19.6 Å². The quantitative estimate of drug-likeness (QED) is 0.520. The number of carbonyl (C=O) groups is 1. The van der Waals surface area contributed by atoms with Gasteiger partial charge in [-0.3, -0.25) is 4.79 Å². The number of ether oxygens (including phenoxy) is 1. The van der Waals surface area contributed by atoms with E-state index in [1.165, 1.54) is 5.57 Å². The summed E-state index contributed by atoms with van der Waals surface area (Å²) in [5.74, 6) is -1.06. The molecule has 7 nitrogen and oxygen atoms in total. The summed E-state index contributed by atoms with van der Waals surface area (Å²) in [4.78, 5) is 35.0. The van der Waals surface area contributed by atoms with E-state index in [9.17, 15) is 9.90 Å². The molecule has 4 fully saturated rings. The van der Waals surface area contributed by atoms with Crippen molar-refractivity contribution in [2.45, 2.75) is 115 Å². The summed E-state index contributed by atoms with van der Waals surface area (Å²) in [5, 5.41) is 9.31. The number of hydrogen-bond donors (Lipinski definition) is 1. The second kappa shape index (κ2) is 6.54. The standard InChI is InChI=1S/C24H36O7/c1-14-11-16-12-20(3)9-10-24(16,31-29-20)23(6)21(14,4)13-18(27-23)22(5)8-7-17(28-30-22)15(2)19(25)26/h12,14-15,17-18H,7-11,13H2,1-6H3,(H,25,26)/t14-,15-,17-,18+,20+,21+,22-,23+,24-/m1/s1. The average Bonchev–Trinajstić information content (AvgIpc) is 3.03. The van der Waals surface area contributed by atoms with E-state index >= 15 is 0 Å². The third-order valence-corrected chi connectivity index (χ3v) is 9.72. The fraction of sp³-hybridized carbons (Fsp3) is 0.875. The Morgan fingerprint density at radius 2 is 1.87 bits per heavy atom. The molecule has 1 spiro atoms. The first-order valence-corrected chi connectivity index (χ1v) is 11.7. The summed E-state index contributed by atoms with van der Waals surface area (Å²) in [5.41, 5.74) is -0.943. The lowest BCUT2D eigenvalue weighted by atomic mass is 9.49. The molecule has 9 atom stereocenters. The molecular weight excluding hydrogens is 400 g/mol. The van der Waals surface area contributed by atoms with Crippen LogP contribution in [0.15, 0.2) is 11.6 Å². The summed E-state index contributed by atoms with van der Waals surface area (Å²) in [6, 6.07) is 0. The minimum Gasteiger partial charge on any atom is -0.481 e. The van der Waals surface area contributed by atoms with E-state index in [1.54, 1.807) is 6.92 Å². The molecule has 4 aliphatic heterocycles.